The van der Waals surface area contributed by atoms with Crippen LogP contribution in [0.25, 0.3) is 0 Å². The van der Waals surface area contributed by atoms with Crippen molar-refractivity contribution in [2.45, 2.75) is 26.4 Å². The third-order valence-electron chi connectivity index (χ3n) is 2.85. The second-order valence-electron chi connectivity index (χ2n) is 4.79. The number of ether oxygens (including phenoxy) is 1. The van der Waals surface area contributed by atoms with Gasteiger partial charge in [0.15, 0.2) is 0 Å². The minimum Gasteiger partial charge on any atom is -0.489 e. The van der Waals surface area contributed by atoms with Crippen molar-refractivity contribution in [3.8, 4) is 5.75 Å². The van der Waals surface area contributed by atoms with Crippen LogP contribution in [-0.2, 0) is 6.61 Å². The Morgan fingerprint density at radius 2 is 1.79 bits per heavy atom. The molecule has 0 unspecified atom stereocenters. The van der Waals surface area contributed by atoms with Crippen LogP contribution in [0.3, 0.4) is 0 Å². The highest BCUT2D eigenvalue weighted by Gasteiger charge is 2.05. The van der Waals surface area contributed by atoms with Gasteiger partial charge in [-0.2, -0.15) is 0 Å². The zero-order valence-electron chi connectivity index (χ0n) is 11.0. The summed E-state index contributed by atoms with van der Waals surface area (Å²) in [6.45, 7) is 4.20. The third-order valence-corrected chi connectivity index (χ3v) is 2.85. The fraction of sp³-hybridized carbons (Fsp3) is 0.250. The first-order chi connectivity index (χ1) is 9.04. The maximum atomic E-state index is 13.4. The molecule has 0 N–H and O–H groups in total. The maximum Gasteiger partial charge on any atom is 0.127 e. The number of hydrogen-bond donors (Lipinski definition) is 0. The van der Waals surface area contributed by atoms with E-state index in [-0.39, 0.29) is 24.2 Å². The second-order valence-corrected chi connectivity index (χ2v) is 4.79. The van der Waals surface area contributed by atoms with E-state index in [0.717, 1.165) is 11.1 Å². The largest absolute Gasteiger partial charge is 0.489 e. The molecule has 2 aromatic carbocycles. The zero-order chi connectivity index (χ0) is 13.8. The lowest BCUT2D eigenvalue weighted by Crippen LogP contribution is -1.98. The van der Waals surface area contributed by atoms with Crippen molar-refractivity contribution in [3.63, 3.8) is 0 Å². The first-order valence-corrected chi connectivity index (χ1v) is 6.22. The van der Waals surface area contributed by atoms with Crippen LogP contribution in [-0.4, -0.2) is 0 Å². The number of rotatable bonds is 4. The summed E-state index contributed by atoms with van der Waals surface area (Å²) >= 11 is 0. The molecule has 0 radical (unpaired) electrons. The summed E-state index contributed by atoms with van der Waals surface area (Å²) in [5.41, 5.74) is 1.60. The van der Waals surface area contributed by atoms with Gasteiger partial charge in [0, 0.05) is 6.07 Å². The molecule has 0 aliphatic heterocycles. The molecule has 0 atom stereocenters. The van der Waals surface area contributed by atoms with Crippen molar-refractivity contribution in [3.05, 3.63) is 65.2 Å². The molecule has 0 saturated carbocycles. The van der Waals surface area contributed by atoms with E-state index in [1.54, 1.807) is 12.1 Å². The molecule has 0 saturated heterocycles. The number of halogens is 2. The highest BCUT2D eigenvalue weighted by atomic mass is 19.1. The summed E-state index contributed by atoms with van der Waals surface area (Å²) in [5, 5.41) is 0. The molecular weight excluding hydrogens is 246 g/mol. The van der Waals surface area contributed by atoms with Gasteiger partial charge in [0.1, 0.15) is 24.0 Å². The average Bonchev–Trinajstić information content (AvgIpc) is 2.36. The average molecular weight is 262 g/mol. The summed E-state index contributed by atoms with van der Waals surface area (Å²) in [6.07, 6.45) is 0. The molecule has 2 aromatic rings. The fourth-order valence-electron chi connectivity index (χ4n) is 1.79. The van der Waals surface area contributed by atoms with Gasteiger partial charge in [0.25, 0.3) is 0 Å². The van der Waals surface area contributed by atoms with Crippen LogP contribution >= 0.6 is 0 Å². The summed E-state index contributed by atoms with van der Waals surface area (Å²) in [5.74, 6) is 0.0730. The van der Waals surface area contributed by atoms with Gasteiger partial charge in [-0.15, -0.1) is 0 Å². The van der Waals surface area contributed by atoms with Crippen molar-refractivity contribution in [1.82, 2.24) is 0 Å². The first-order valence-electron chi connectivity index (χ1n) is 6.22. The normalized spacial score (nSPS) is 10.8. The predicted octanol–water partition coefficient (Wildman–Crippen LogP) is 4.67. The standard InChI is InChI=1S/C16H16F2O/c1-11(2)13-7-15(18)9-16(8-13)19-10-12-4-3-5-14(17)6-12/h3-9,11H,10H2,1-2H3. The molecule has 0 heterocycles. The second kappa shape index (κ2) is 5.83. The van der Waals surface area contributed by atoms with Crippen LogP contribution in [0.5, 0.6) is 5.75 Å². The molecule has 100 valence electrons. The summed E-state index contributed by atoms with van der Waals surface area (Å²) < 4.78 is 32.0. The van der Waals surface area contributed by atoms with Gasteiger partial charge >= 0.3 is 0 Å². The lowest BCUT2D eigenvalue weighted by Gasteiger charge is -2.10. The number of hydrogen-bond acceptors (Lipinski definition) is 1. The van der Waals surface area contributed by atoms with Gasteiger partial charge < -0.3 is 4.74 Å². The van der Waals surface area contributed by atoms with Crippen LogP contribution in [0.2, 0.25) is 0 Å². The molecule has 1 nitrogen and oxygen atoms in total. The quantitative estimate of drug-likeness (QED) is 0.778. The molecule has 0 aliphatic rings. The molecule has 19 heavy (non-hydrogen) atoms. The highest BCUT2D eigenvalue weighted by Crippen LogP contribution is 2.23. The Labute approximate surface area is 111 Å². The number of benzene rings is 2. The van der Waals surface area contributed by atoms with Crippen molar-refractivity contribution in [1.29, 1.82) is 0 Å². The molecule has 0 amide bonds. The van der Waals surface area contributed by atoms with E-state index < -0.39 is 0 Å². The minimum atomic E-state index is -0.319. The van der Waals surface area contributed by atoms with Crippen molar-refractivity contribution in [2.24, 2.45) is 0 Å². The van der Waals surface area contributed by atoms with E-state index >= 15 is 0 Å². The minimum absolute atomic E-state index is 0.221. The summed E-state index contributed by atoms with van der Waals surface area (Å²) in [4.78, 5) is 0. The molecule has 0 bridgehead atoms. The SMILES string of the molecule is CC(C)c1cc(F)cc(OCc2cccc(F)c2)c1. The Kier molecular flexibility index (Phi) is 4.15. The monoisotopic (exact) mass is 262 g/mol. The van der Waals surface area contributed by atoms with E-state index in [1.807, 2.05) is 19.9 Å². The molecule has 0 aromatic heterocycles. The predicted molar refractivity (Wildman–Crippen MR) is 71.2 cm³/mol. The Bertz CT molecular complexity index is 564. The molecule has 3 heteroatoms. The Balaban J connectivity index is 2.11. The smallest absolute Gasteiger partial charge is 0.127 e. The lowest BCUT2D eigenvalue weighted by atomic mass is 10.0. The van der Waals surface area contributed by atoms with E-state index in [1.165, 1.54) is 24.3 Å². The van der Waals surface area contributed by atoms with Gasteiger partial charge in [-0.3, -0.25) is 0 Å². The highest BCUT2D eigenvalue weighted by molar-refractivity contribution is 5.31. The van der Waals surface area contributed by atoms with E-state index in [0.29, 0.717) is 5.75 Å². The van der Waals surface area contributed by atoms with E-state index in [4.69, 9.17) is 4.74 Å². The van der Waals surface area contributed by atoms with Gasteiger partial charge in [0.2, 0.25) is 0 Å². The molecule has 0 aliphatic carbocycles. The van der Waals surface area contributed by atoms with E-state index in [9.17, 15) is 8.78 Å². The van der Waals surface area contributed by atoms with E-state index in [2.05, 4.69) is 0 Å². The van der Waals surface area contributed by atoms with Crippen LogP contribution in [0.1, 0.15) is 30.9 Å². The Morgan fingerprint density at radius 1 is 1.00 bits per heavy atom. The van der Waals surface area contributed by atoms with Gasteiger partial charge in [-0.25, -0.2) is 8.78 Å². The van der Waals surface area contributed by atoms with Crippen LogP contribution in [0.4, 0.5) is 8.78 Å². The van der Waals surface area contributed by atoms with Gasteiger partial charge in [-0.1, -0.05) is 26.0 Å². The van der Waals surface area contributed by atoms with Crippen LogP contribution in [0, 0.1) is 11.6 Å². The Hall–Kier alpha value is -1.90. The zero-order valence-corrected chi connectivity index (χ0v) is 11.0. The fourth-order valence-corrected chi connectivity index (χ4v) is 1.79. The topological polar surface area (TPSA) is 9.23 Å². The third kappa shape index (κ3) is 3.78. The van der Waals surface area contributed by atoms with Crippen LogP contribution < -0.4 is 4.74 Å². The lowest BCUT2D eigenvalue weighted by molar-refractivity contribution is 0.303. The van der Waals surface area contributed by atoms with Crippen molar-refractivity contribution < 1.29 is 13.5 Å². The summed E-state index contributed by atoms with van der Waals surface area (Å²) in [7, 11) is 0. The molecule has 2 rings (SSSR count). The van der Waals surface area contributed by atoms with Gasteiger partial charge in [-0.05, 0) is 41.3 Å². The van der Waals surface area contributed by atoms with Crippen molar-refractivity contribution >= 4 is 0 Å². The van der Waals surface area contributed by atoms with Gasteiger partial charge in [0.05, 0.1) is 0 Å². The van der Waals surface area contributed by atoms with Crippen molar-refractivity contribution in [2.75, 3.05) is 0 Å². The molecule has 0 spiro atoms. The maximum absolute atomic E-state index is 13.4. The summed E-state index contributed by atoms with van der Waals surface area (Å²) in [6, 6.07) is 10.8. The first kappa shape index (κ1) is 13.5. The Morgan fingerprint density at radius 3 is 2.47 bits per heavy atom. The molecular formula is C16H16F2O. The van der Waals surface area contributed by atoms with Crippen LogP contribution in [0.15, 0.2) is 42.5 Å². The molecule has 0 fully saturated rings.